The molecule has 4 aromatic rings. The highest BCUT2D eigenvalue weighted by Gasteiger charge is 2.33. The molecule has 0 radical (unpaired) electrons. The summed E-state index contributed by atoms with van der Waals surface area (Å²) in [4.78, 5) is 36.3. The zero-order valence-corrected chi connectivity index (χ0v) is 28.6. The molecule has 9 nitrogen and oxygen atoms in total. The molecule has 10 heteroatoms. The van der Waals surface area contributed by atoms with Crippen LogP contribution in [0.4, 0.5) is 5.69 Å². The number of aliphatic hydroxyl groups excluding tert-OH is 1. The zero-order chi connectivity index (χ0) is 33.5. The molecular formula is C37H45N5O4S. The van der Waals surface area contributed by atoms with Crippen molar-refractivity contribution in [3.8, 4) is 5.75 Å². The minimum Gasteiger partial charge on any atom is -0.497 e. The maximum atomic E-state index is 14.0. The number of hydrogen-bond acceptors (Lipinski definition) is 8. The summed E-state index contributed by atoms with van der Waals surface area (Å²) < 4.78 is 5.37. The van der Waals surface area contributed by atoms with Crippen molar-refractivity contribution in [1.29, 1.82) is 0 Å². The van der Waals surface area contributed by atoms with E-state index in [-0.39, 0.29) is 30.4 Å². The Kier molecular flexibility index (Phi) is 11.3. The minimum atomic E-state index is -0.891. The van der Waals surface area contributed by atoms with Gasteiger partial charge in [0, 0.05) is 61.1 Å². The van der Waals surface area contributed by atoms with E-state index >= 15 is 0 Å². The van der Waals surface area contributed by atoms with E-state index in [0.717, 1.165) is 46.1 Å². The summed E-state index contributed by atoms with van der Waals surface area (Å²) in [6.07, 6.45) is 1.31. The van der Waals surface area contributed by atoms with Gasteiger partial charge in [-0.2, -0.15) is 0 Å². The van der Waals surface area contributed by atoms with Gasteiger partial charge in [-0.05, 0) is 74.6 Å². The molecule has 5 rings (SSSR count). The number of nitrogens with one attached hydrogen (secondary N) is 2. The molecule has 0 saturated carbocycles. The fraction of sp³-hybridized carbons (Fsp3) is 0.378. The molecule has 0 spiro atoms. The monoisotopic (exact) mass is 655 g/mol. The Morgan fingerprint density at radius 2 is 1.85 bits per heavy atom. The number of methoxy groups -OCH3 is 1. The number of aliphatic hydroxyl groups is 1. The van der Waals surface area contributed by atoms with Crippen LogP contribution in [-0.2, 0) is 6.42 Å². The molecule has 0 bridgehead atoms. The summed E-state index contributed by atoms with van der Waals surface area (Å²) in [5.41, 5.74) is 4.54. The summed E-state index contributed by atoms with van der Waals surface area (Å²) in [5.74, 6) is 0.300. The van der Waals surface area contributed by atoms with E-state index in [2.05, 4.69) is 15.6 Å². The second kappa shape index (κ2) is 15.6. The summed E-state index contributed by atoms with van der Waals surface area (Å²) in [6, 6.07) is 22.2. The van der Waals surface area contributed by atoms with Crippen molar-refractivity contribution in [2.75, 3.05) is 39.2 Å². The van der Waals surface area contributed by atoms with E-state index in [1.54, 1.807) is 30.6 Å². The quantitative estimate of drug-likeness (QED) is 0.173. The van der Waals surface area contributed by atoms with E-state index in [1.807, 2.05) is 104 Å². The lowest BCUT2D eigenvalue weighted by atomic mass is 9.99. The van der Waals surface area contributed by atoms with Gasteiger partial charge in [-0.15, -0.1) is 11.3 Å². The largest absolute Gasteiger partial charge is 0.497 e. The maximum Gasteiger partial charge on any atom is 0.254 e. The van der Waals surface area contributed by atoms with Crippen LogP contribution < -0.4 is 20.3 Å². The molecule has 3 N–H and O–H groups in total. The van der Waals surface area contributed by atoms with Crippen molar-refractivity contribution < 1.29 is 19.4 Å². The lowest BCUT2D eigenvalue weighted by molar-refractivity contribution is 0.0735. The third kappa shape index (κ3) is 8.57. The number of aromatic nitrogens is 1. The Bertz CT molecular complexity index is 1660. The maximum absolute atomic E-state index is 14.0. The number of benzene rings is 3. The Morgan fingerprint density at radius 3 is 2.55 bits per heavy atom. The molecule has 1 fully saturated rings. The van der Waals surface area contributed by atoms with Gasteiger partial charge in [0.2, 0.25) is 0 Å². The molecule has 1 aliphatic heterocycles. The first-order chi connectivity index (χ1) is 22.6. The summed E-state index contributed by atoms with van der Waals surface area (Å²) in [5, 5.41) is 20.9. The van der Waals surface area contributed by atoms with E-state index in [0.29, 0.717) is 24.1 Å². The van der Waals surface area contributed by atoms with Crippen LogP contribution in [0.1, 0.15) is 74.4 Å². The summed E-state index contributed by atoms with van der Waals surface area (Å²) in [6.45, 7) is 4.89. The molecule has 4 atom stereocenters. The second-order valence-electron chi connectivity index (χ2n) is 12.4. The predicted molar refractivity (Wildman–Crippen MR) is 187 cm³/mol. The Morgan fingerprint density at radius 1 is 1.09 bits per heavy atom. The first-order valence-corrected chi connectivity index (χ1v) is 17.0. The van der Waals surface area contributed by atoms with Crippen molar-refractivity contribution in [2.24, 2.45) is 0 Å². The zero-order valence-electron chi connectivity index (χ0n) is 27.8. The van der Waals surface area contributed by atoms with Gasteiger partial charge in [0.1, 0.15) is 10.8 Å². The Hall–Kier alpha value is -4.25. The molecule has 1 aromatic heterocycles. The number of anilines is 1. The number of hydrogen-bond donors (Lipinski definition) is 3. The lowest BCUT2D eigenvalue weighted by Gasteiger charge is -2.27. The minimum absolute atomic E-state index is 0.0547. The number of nitrogens with zero attached hydrogens (tertiary/aromatic N) is 3. The lowest BCUT2D eigenvalue weighted by Crippen LogP contribution is -2.49. The standard InChI is InChI=1S/C37H45N5O4S/c1-24-23-47-36(39-24)33-15-10-16-42(33)37(45)29-18-28(19-30(20-29)41(3)4)35(44)40-32(17-26-11-7-6-8-12-26)34(43)22-38-25(2)27-13-9-14-31(21-27)46-5/h6-9,11-14,18-21,23,25,32-34,38,43H,10,15-17,22H2,1-5H3,(H,40,44)/t25-,32-,33?,34+/m0/s1. The molecule has 248 valence electrons. The van der Waals surface area contributed by atoms with Crippen molar-refractivity contribution >= 4 is 28.8 Å². The van der Waals surface area contributed by atoms with Gasteiger partial charge in [-0.1, -0.05) is 42.5 Å². The van der Waals surface area contributed by atoms with Crippen LogP contribution in [0.5, 0.6) is 5.75 Å². The first kappa shape index (κ1) is 34.1. The average Bonchev–Trinajstić information content (AvgIpc) is 3.75. The van der Waals surface area contributed by atoms with Crippen molar-refractivity contribution in [1.82, 2.24) is 20.5 Å². The average molecular weight is 656 g/mol. The van der Waals surface area contributed by atoms with E-state index in [9.17, 15) is 14.7 Å². The molecule has 0 aliphatic carbocycles. The van der Waals surface area contributed by atoms with Crippen LogP contribution in [-0.4, -0.2) is 73.2 Å². The Labute approximate surface area is 281 Å². The molecular weight excluding hydrogens is 611 g/mol. The van der Waals surface area contributed by atoms with E-state index < -0.39 is 12.1 Å². The van der Waals surface area contributed by atoms with Gasteiger partial charge in [-0.3, -0.25) is 9.59 Å². The van der Waals surface area contributed by atoms with Gasteiger partial charge >= 0.3 is 0 Å². The highest BCUT2D eigenvalue weighted by molar-refractivity contribution is 7.09. The molecule has 3 aromatic carbocycles. The third-order valence-corrected chi connectivity index (χ3v) is 9.75. The Balaban J connectivity index is 1.36. The second-order valence-corrected chi connectivity index (χ2v) is 13.3. The fourth-order valence-electron chi connectivity index (χ4n) is 5.95. The normalized spacial score (nSPS) is 16.4. The van der Waals surface area contributed by atoms with Crippen molar-refractivity contribution in [2.45, 2.75) is 57.3 Å². The highest BCUT2D eigenvalue weighted by atomic mass is 32.1. The predicted octanol–water partition coefficient (Wildman–Crippen LogP) is 5.56. The number of carbonyl (C=O) groups is 2. The highest BCUT2D eigenvalue weighted by Crippen LogP contribution is 2.35. The summed E-state index contributed by atoms with van der Waals surface area (Å²) in [7, 11) is 5.41. The van der Waals surface area contributed by atoms with Gasteiger partial charge in [0.25, 0.3) is 11.8 Å². The van der Waals surface area contributed by atoms with E-state index in [1.165, 1.54) is 0 Å². The van der Waals surface area contributed by atoms with Gasteiger partial charge < -0.3 is 30.3 Å². The number of ether oxygens (including phenoxy) is 1. The van der Waals surface area contributed by atoms with Crippen molar-refractivity contribution in [3.63, 3.8) is 0 Å². The van der Waals surface area contributed by atoms with Gasteiger partial charge in [0.15, 0.2) is 0 Å². The number of thiazole rings is 1. The number of amides is 2. The fourth-order valence-corrected chi connectivity index (χ4v) is 6.90. The van der Waals surface area contributed by atoms with Crippen LogP contribution in [0.15, 0.2) is 78.2 Å². The molecule has 2 heterocycles. The molecule has 1 saturated heterocycles. The topological polar surface area (TPSA) is 107 Å². The van der Waals surface area contributed by atoms with Gasteiger partial charge in [0.05, 0.1) is 25.3 Å². The number of aryl methyl sites for hydroxylation is 1. The van der Waals surface area contributed by atoms with Gasteiger partial charge in [-0.25, -0.2) is 4.98 Å². The van der Waals surface area contributed by atoms with Crippen molar-refractivity contribution in [3.05, 3.63) is 111 Å². The van der Waals surface area contributed by atoms with Crippen LogP contribution in [0, 0.1) is 6.92 Å². The smallest absolute Gasteiger partial charge is 0.254 e. The molecule has 47 heavy (non-hydrogen) atoms. The molecule has 1 aliphatic rings. The number of carbonyl (C=O) groups excluding carboxylic acids is 2. The van der Waals surface area contributed by atoms with E-state index in [4.69, 9.17) is 4.74 Å². The van der Waals surface area contributed by atoms with Crippen LogP contribution in [0.25, 0.3) is 0 Å². The van der Waals surface area contributed by atoms with Crippen LogP contribution in [0.2, 0.25) is 0 Å². The first-order valence-electron chi connectivity index (χ1n) is 16.1. The SMILES string of the molecule is COc1cccc([C@H](C)NC[C@@H](O)[C@H](Cc2ccccc2)NC(=O)c2cc(C(=O)N3CCCC3c3nc(C)cs3)cc(N(C)C)c2)c1. The van der Waals surface area contributed by atoms with Crippen LogP contribution >= 0.6 is 11.3 Å². The molecule has 1 unspecified atom stereocenters. The van der Waals surface area contributed by atoms with Crippen LogP contribution in [0.3, 0.4) is 0 Å². The third-order valence-electron chi connectivity index (χ3n) is 8.69. The summed E-state index contributed by atoms with van der Waals surface area (Å²) >= 11 is 1.58. The number of likely N-dealkylation sites (tertiary alicyclic amines) is 1. The number of rotatable bonds is 13. The molecule has 2 amide bonds.